The summed E-state index contributed by atoms with van der Waals surface area (Å²) >= 11 is 0. The fourth-order valence-electron chi connectivity index (χ4n) is 3.87. The van der Waals surface area contributed by atoms with E-state index in [1.165, 1.54) is 29.4 Å². The number of amides is 1. The standard InChI is InChI=1S/C28H24N6O3S/c1-33(2)22-11-9-20(10-12-22)19-25-27(35)34(26(31-25)21-7-4-3-5-8-21)23-13-15-24(16-14-23)38(36,37)32-28-29-17-6-18-30-28/h3-19H,1-2H3,(H,29,30,32)/b25-19-. The Balaban J connectivity index is 1.48. The molecule has 1 aromatic heterocycles. The lowest BCUT2D eigenvalue weighted by molar-refractivity contribution is -0.113. The molecule has 190 valence electrons. The topological polar surface area (TPSA) is 108 Å². The van der Waals surface area contributed by atoms with Gasteiger partial charge in [-0.15, -0.1) is 0 Å². The molecular formula is C28H24N6O3S. The molecule has 9 nitrogen and oxygen atoms in total. The lowest BCUT2D eigenvalue weighted by atomic mass is 10.1. The van der Waals surface area contributed by atoms with E-state index in [0.29, 0.717) is 11.5 Å². The highest BCUT2D eigenvalue weighted by Gasteiger charge is 2.32. The minimum Gasteiger partial charge on any atom is -0.378 e. The van der Waals surface area contributed by atoms with Crippen LogP contribution in [0, 0.1) is 0 Å². The van der Waals surface area contributed by atoms with Crippen LogP contribution in [-0.4, -0.2) is 44.2 Å². The number of sulfonamides is 1. The maximum atomic E-state index is 13.6. The number of benzene rings is 3. The van der Waals surface area contributed by atoms with Gasteiger partial charge in [-0.25, -0.2) is 28.1 Å². The van der Waals surface area contributed by atoms with E-state index in [-0.39, 0.29) is 22.4 Å². The Morgan fingerprint density at radius 3 is 2.13 bits per heavy atom. The van der Waals surface area contributed by atoms with Crippen LogP contribution in [0.5, 0.6) is 0 Å². The van der Waals surface area contributed by atoms with Crippen LogP contribution < -0.4 is 14.5 Å². The second-order valence-corrected chi connectivity index (χ2v) is 10.3. The van der Waals surface area contributed by atoms with E-state index in [1.807, 2.05) is 73.6 Å². The summed E-state index contributed by atoms with van der Waals surface area (Å²) in [4.78, 5) is 29.5. The molecule has 0 bridgehead atoms. The molecule has 4 aromatic rings. The highest BCUT2D eigenvalue weighted by molar-refractivity contribution is 7.92. The zero-order chi connectivity index (χ0) is 26.7. The van der Waals surface area contributed by atoms with Crippen LogP contribution in [0.15, 0.2) is 113 Å². The van der Waals surface area contributed by atoms with Gasteiger partial charge in [-0.1, -0.05) is 42.5 Å². The third-order valence-corrected chi connectivity index (χ3v) is 7.15. The SMILES string of the molecule is CN(C)c1ccc(/C=C2\N=C(c3ccccc3)N(c3ccc(S(=O)(=O)Nc4ncccn4)cc3)C2=O)cc1. The van der Waals surface area contributed by atoms with Gasteiger partial charge in [0, 0.05) is 37.7 Å². The molecule has 10 heteroatoms. The molecular weight excluding hydrogens is 500 g/mol. The van der Waals surface area contributed by atoms with Crippen LogP contribution in [0.4, 0.5) is 17.3 Å². The van der Waals surface area contributed by atoms with Crippen molar-refractivity contribution in [3.05, 3.63) is 114 Å². The Hall–Kier alpha value is -4.83. The zero-order valence-electron chi connectivity index (χ0n) is 20.7. The molecule has 38 heavy (non-hydrogen) atoms. The smallest absolute Gasteiger partial charge is 0.282 e. The molecule has 0 aliphatic carbocycles. The first-order chi connectivity index (χ1) is 18.3. The predicted octanol–water partition coefficient (Wildman–Crippen LogP) is 4.18. The summed E-state index contributed by atoms with van der Waals surface area (Å²) in [5, 5.41) is 0. The molecule has 3 aromatic carbocycles. The second kappa shape index (κ2) is 10.3. The van der Waals surface area contributed by atoms with Gasteiger partial charge >= 0.3 is 0 Å². The fourth-order valence-corrected chi connectivity index (χ4v) is 4.83. The maximum absolute atomic E-state index is 13.6. The molecule has 0 radical (unpaired) electrons. The third-order valence-electron chi connectivity index (χ3n) is 5.80. The van der Waals surface area contributed by atoms with Crippen LogP contribution in [0.25, 0.3) is 6.08 Å². The van der Waals surface area contributed by atoms with E-state index in [0.717, 1.165) is 16.8 Å². The van der Waals surface area contributed by atoms with Gasteiger partial charge in [-0.05, 0) is 54.1 Å². The van der Waals surface area contributed by atoms with Crippen LogP contribution in [-0.2, 0) is 14.8 Å². The van der Waals surface area contributed by atoms with Crippen LogP contribution in [0.2, 0.25) is 0 Å². The number of carbonyl (C=O) groups excluding carboxylic acids is 1. The Bertz CT molecular complexity index is 1620. The van der Waals surface area contributed by atoms with Gasteiger partial charge in [0.2, 0.25) is 5.95 Å². The van der Waals surface area contributed by atoms with Crippen molar-refractivity contribution in [3.63, 3.8) is 0 Å². The van der Waals surface area contributed by atoms with Crippen molar-refractivity contribution in [2.75, 3.05) is 28.6 Å². The molecule has 0 fully saturated rings. The molecule has 1 aliphatic rings. The molecule has 0 saturated heterocycles. The Morgan fingerprint density at radius 1 is 0.842 bits per heavy atom. The summed E-state index contributed by atoms with van der Waals surface area (Å²) in [5.74, 6) is 0.114. The van der Waals surface area contributed by atoms with Gasteiger partial charge in [0.25, 0.3) is 15.9 Å². The lowest BCUT2D eigenvalue weighted by Crippen LogP contribution is -2.32. The molecule has 0 saturated carbocycles. The first-order valence-electron chi connectivity index (χ1n) is 11.7. The first-order valence-corrected chi connectivity index (χ1v) is 13.2. The number of nitrogens with zero attached hydrogens (tertiary/aromatic N) is 5. The normalized spacial score (nSPS) is 14.5. The Morgan fingerprint density at radius 2 is 1.50 bits per heavy atom. The van der Waals surface area contributed by atoms with Gasteiger partial charge in [0.1, 0.15) is 11.5 Å². The number of amidine groups is 1. The van der Waals surface area contributed by atoms with Crippen LogP contribution >= 0.6 is 0 Å². The molecule has 0 unspecified atom stereocenters. The molecule has 0 atom stereocenters. The van der Waals surface area contributed by atoms with Gasteiger partial charge in [0.05, 0.1) is 10.6 Å². The van der Waals surface area contributed by atoms with Crippen molar-refractivity contribution in [3.8, 4) is 0 Å². The number of aliphatic imine (C=N–C) groups is 1. The fraction of sp³-hybridized carbons (Fsp3) is 0.0714. The van der Waals surface area contributed by atoms with Crippen molar-refractivity contribution >= 4 is 45.2 Å². The zero-order valence-corrected chi connectivity index (χ0v) is 21.5. The summed E-state index contributed by atoms with van der Waals surface area (Å²) in [5.41, 5.74) is 3.41. The Kier molecular flexibility index (Phi) is 6.71. The van der Waals surface area contributed by atoms with Gasteiger partial charge in [-0.3, -0.25) is 9.69 Å². The monoisotopic (exact) mass is 524 g/mol. The quantitative estimate of drug-likeness (QED) is 0.364. The largest absolute Gasteiger partial charge is 0.378 e. The number of anilines is 3. The molecule has 1 N–H and O–H groups in total. The molecule has 5 rings (SSSR count). The predicted molar refractivity (Wildman–Crippen MR) is 148 cm³/mol. The van der Waals surface area contributed by atoms with Crippen molar-refractivity contribution in [1.82, 2.24) is 9.97 Å². The number of rotatable bonds is 7. The number of hydrogen-bond donors (Lipinski definition) is 1. The van der Waals surface area contributed by atoms with E-state index < -0.39 is 10.0 Å². The maximum Gasteiger partial charge on any atom is 0.282 e. The number of aromatic nitrogens is 2. The van der Waals surface area contributed by atoms with Crippen LogP contribution in [0.1, 0.15) is 11.1 Å². The van der Waals surface area contributed by atoms with Crippen molar-refractivity contribution < 1.29 is 13.2 Å². The summed E-state index contributed by atoms with van der Waals surface area (Å²) in [6, 6.07) is 24.8. The third kappa shape index (κ3) is 5.16. The van der Waals surface area contributed by atoms with Gasteiger partial charge in [0.15, 0.2) is 0 Å². The number of hydrogen-bond acceptors (Lipinski definition) is 7. The molecule has 1 amide bonds. The molecule has 1 aliphatic heterocycles. The van der Waals surface area contributed by atoms with E-state index in [4.69, 9.17) is 0 Å². The summed E-state index contributed by atoms with van der Waals surface area (Å²) in [6.07, 6.45) is 4.63. The Labute approximate surface area is 220 Å². The summed E-state index contributed by atoms with van der Waals surface area (Å²) < 4.78 is 27.9. The minimum absolute atomic E-state index is 0.00953. The van der Waals surface area contributed by atoms with Gasteiger partial charge < -0.3 is 4.90 Å². The highest BCUT2D eigenvalue weighted by atomic mass is 32.2. The number of nitrogens with one attached hydrogen (secondary N) is 1. The molecule has 0 spiro atoms. The van der Waals surface area contributed by atoms with Crippen molar-refractivity contribution in [2.24, 2.45) is 4.99 Å². The number of carbonyl (C=O) groups is 1. The average molecular weight is 525 g/mol. The van der Waals surface area contributed by atoms with Crippen molar-refractivity contribution in [2.45, 2.75) is 4.90 Å². The van der Waals surface area contributed by atoms with Crippen molar-refractivity contribution in [1.29, 1.82) is 0 Å². The lowest BCUT2D eigenvalue weighted by Gasteiger charge is -2.19. The average Bonchev–Trinajstić information content (AvgIpc) is 3.25. The molecule has 2 heterocycles. The highest BCUT2D eigenvalue weighted by Crippen LogP contribution is 2.29. The van der Waals surface area contributed by atoms with E-state index in [2.05, 4.69) is 19.7 Å². The second-order valence-electron chi connectivity index (χ2n) is 8.63. The van der Waals surface area contributed by atoms with E-state index in [1.54, 1.807) is 24.3 Å². The van der Waals surface area contributed by atoms with Crippen LogP contribution in [0.3, 0.4) is 0 Å². The van der Waals surface area contributed by atoms with Gasteiger partial charge in [-0.2, -0.15) is 0 Å². The van der Waals surface area contributed by atoms with E-state index >= 15 is 0 Å². The summed E-state index contributed by atoms with van der Waals surface area (Å²) in [6.45, 7) is 0. The minimum atomic E-state index is -3.92. The first kappa shape index (κ1) is 24.8. The summed E-state index contributed by atoms with van der Waals surface area (Å²) in [7, 11) is 0.00766. The van der Waals surface area contributed by atoms with E-state index in [9.17, 15) is 13.2 Å².